The Balaban J connectivity index is 1.76. The molecule has 2 N–H and O–H groups in total. The van der Waals surface area contributed by atoms with E-state index in [2.05, 4.69) is 10.6 Å². The van der Waals surface area contributed by atoms with Crippen LogP contribution in [0.25, 0.3) is 0 Å². The van der Waals surface area contributed by atoms with E-state index in [-0.39, 0.29) is 12.5 Å². The van der Waals surface area contributed by atoms with E-state index >= 15 is 0 Å². The molecule has 110 valence electrons. The molecule has 1 aliphatic rings. The number of hydrogen-bond acceptors (Lipinski definition) is 4. The van der Waals surface area contributed by atoms with Gasteiger partial charge in [0.2, 0.25) is 5.91 Å². The van der Waals surface area contributed by atoms with Crippen molar-refractivity contribution >= 4 is 22.4 Å². The minimum absolute atomic E-state index is 0.0788. The van der Waals surface area contributed by atoms with Crippen molar-refractivity contribution in [1.82, 2.24) is 5.32 Å². The maximum Gasteiger partial charge on any atom is 0.238 e. The monoisotopic (exact) mass is 296 g/mol. The zero-order valence-electron chi connectivity index (χ0n) is 11.6. The molecule has 2 rings (SSSR count). The maximum absolute atomic E-state index is 11.8. The molecule has 0 aromatic heterocycles. The Kier molecular flexibility index (Phi) is 5.55. The molecule has 1 fully saturated rings. The molecule has 0 aliphatic carbocycles. The smallest absolute Gasteiger partial charge is 0.238 e. The van der Waals surface area contributed by atoms with Crippen molar-refractivity contribution in [2.75, 3.05) is 30.5 Å². The zero-order valence-corrected chi connectivity index (χ0v) is 12.4. The summed E-state index contributed by atoms with van der Waals surface area (Å²) in [5.41, 5.74) is 0.723. The number of rotatable bonds is 5. The molecule has 0 bridgehead atoms. The van der Waals surface area contributed by atoms with Crippen molar-refractivity contribution in [1.29, 1.82) is 0 Å². The van der Waals surface area contributed by atoms with Crippen molar-refractivity contribution in [3.8, 4) is 5.75 Å². The lowest BCUT2D eigenvalue weighted by molar-refractivity contribution is -0.115. The number of amides is 1. The van der Waals surface area contributed by atoms with Crippen LogP contribution in [0.4, 0.5) is 5.69 Å². The van der Waals surface area contributed by atoms with Crippen LogP contribution in [0.3, 0.4) is 0 Å². The van der Waals surface area contributed by atoms with Crippen molar-refractivity contribution in [3.63, 3.8) is 0 Å². The molecule has 20 heavy (non-hydrogen) atoms. The summed E-state index contributed by atoms with van der Waals surface area (Å²) in [5.74, 6) is 2.10. The number of anilines is 1. The van der Waals surface area contributed by atoms with E-state index in [1.54, 1.807) is 13.2 Å². The van der Waals surface area contributed by atoms with E-state index in [4.69, 9.17) is 4.74 Å². The van der Waals surface area contributed by atoms with Gasteiger partial charge in [-0.15, -0.1) is 0 Å². The Bertz CT molecular complexity index is 483. The molecule has 1 aliphatic heterocycles. The van der Waals surface area contributed by atoms with E-state index in [0.29, 0.717) is 11.8 Å². The molecular weight excluding hydrogens is 276 g/mol. The van der Waals surface area contributed by atoms with Crippen LogP contribution in [0.5, 0.6) is 5.75 Å². The second-order valence-electron chi connectivity index (χ2n) is 4.78. The molecule has 0 atom stereocenters. The Hall–Kier alpha value is -1.40. The van der Waals surface area contributed by atoms with Gasteiger partial charge >= 0.3 is 0 Å². The highest BCUT2D eigenvalue weighted by Crippen LogP contribution is 2.16. The predicted octanol–water partition coefficient (Wildman–Crippen LogP) is 1.13. The normalized spacial score (nSPS) is 22.2. The SMILES string of the molecule is COc1cccc(NC(=O)CNC2CCS(=O)CC2)c1. The third-order valence-corrected chi connectivity index (χ3v) is 4.67. The van der Waals surface area contributed by atoms with Gasteiger partial charge in [0.15, 0.2) is 0 Å². The standard InChI is InChI=1S/C14H20N2O3S/c1-19-13-4-2-3-12(9-13)16-14(17)10-15-11-5-7-20(18)8-6-11/h2-4,9,11,15H,5-8,10H2,1H3,(H,16,17). The van der Waals surface area contributed by atoms with Gasteiger partial charge in [-0.05, 0) is 25.0 Å². The first kappa shape index (κ1) is 15.0. The predicted molar refractivity (Wildman–Crippen MR) is 80.5 cm³/mol. The van der Waals surface area contributed by atoms with Crippen LogP contribution in [0, 0.1) is 0 Å². The summed E-state index contributed by atoms with van der Waals surface area (Å²) in [6, 6.07) is 7.56. The second kappa shape index (κ2) is 7.40. The average molecular weight is 296 g/mol. The van der Waals surface area contributed by atoms with Crippen LogP contribution in [0.15, 0.2) is 24.3 Å². The number of carbonyl (C=O) groups is 1. The largest absolute Gasteiger partial charge is 0.497 e. The molecule has 1 saturated heterocycles. The van der Waals surface area contributed by atoms with Gasteiger partial charge < -0.3 is 15.4 Å². The second-order valence-corrected chi connectivity index (χ2v) is 6.48. The van der Waals surface area contributed by atoms with E-state index in [1.165, 1.54) is 0 Å². The Morgan fingerprint density at radius 3 is 2.85 bits per heavy atom. The summed E-state index contributed by atoms with van der Waals surface area (Å²) in [6.45, 7) is 0.272. The lowest BCUT2D eigenvalue weighted by Gasteiger charge is -2.22. The molecular formula is C14H20N2O3S. The van der Waals surface area contributed by atoms with Gasteiger partial charge in [-0.2, -0.15) is 0 Å². The molecule has 0 unspecified atom stereocenters. The van der Waals surface area contributed by atoms with Crippen molar-refractivity contribution in [2.45, 2.75) is 18.9 Å². The molecule has 1 amide bonds. The summed E-state index contributed by atoms with van der Waals surface area (Å²) in [4.78, 5) is 11.8. The van der Waals surface area contributed by atoms with Gasteiger partial charge in [-0.1, -0.05) is 6.07 Å². The molecule has 0 saturated carbocycles. The number of ether oxygens (including phenoxy) is 1. The van der Waals surface area contributed by atoms with Gasteiger partial charge in [0.25, 0.3) is 0 Å². The fraction of sp³-hybridized carbons (Fsp3) is 0.500. The van der Waals surface area contributed by atoms with Crippen LogP contribution in [-0.4, -0.2) is 41.3 Å². The first-order valence-corrected chi connectivity index (χ1v) is 8.18. The fourth-order valence-corrected chi connectivity index (χ4v) is 3.44. The van der Waals surface area contributed by atoms with E-state index in [1.807, 2.05) is 18.2 Å². The summed E-state index contributed by atoms with van der Waals surface area (Å²) in [7, 11) is 0.928. The van der Waals surface area contributed by atoms with E-state index in [0.717, 1.165) is 30.0 Å². The topological polar surface area (TPSA) is 67.4 Å². The van der Waals surface area contributed by atoms with Gasteiger partial charge in [0.1, 0.15) is 5.75 Å². The molecule has 0 radical (unpaired) electrons. The highest BCUT2D eigenvalue weighted by molar-refractivity contribution is 7.85. The maximum atomic E-state index is 11.8. The average Bonchev–Trinajstić information content (AvgIpc) is 2.47. The molecule has 1 aromatic rings. The Labute approximate surface area is 121 Å². The van der Waals surface area contributed by atoms with Gasteiger partial charge in [-0.25, -0.2) is 0 Å². The highest BCUT2D eigenvalue weighted by Gasteiger charge is 2.17. The van der Waals surface area contributed by atoms with Gasteiger partial charge in [-0.3, -0.25) is 9.00 Å². The minimum Gasteiger partial charge on any atom is -0.497 e. The zero-order chi connectivity index (χ0) is 14.4. The summed E-state index contributed by atoms with van der Waals surface area (Å²) < 4.78 is 16.3. The number of benzene rings is 1. The summed E-state index contributed by atoms with van der Waals surface area (Å²) >= 11 is 0. The summed E-state index contributed by atoms with van der Waals surface area (Å²) in [6.07, 6.45) is 1.75. The number of carbonyl (C=O) groups excluding carboxylic acids is 1. The third-order valence-electron chi connectivity index (χ3n) is 3.29. The van der Waals surface area contributed by atoms with Crippen molar-refractivity contribution < 1.29 is 13.7 Å². The van der Waals surface area contributed by atoms with E-state index < -0.39 is 10.8 Å². The van der Waals surface area contributed by atoms with Crippen LogP contribution in [-0.2, 0) is 15.6 Å². The Morgan fingerprint density at radius 2 is 2.15 bits per heavy atom. The molecule has 6 heteroatoms. The quantitative estimate of drug-likeness (QED) is 0.855. The lowest BCUT2D eigenvalue weighted by atomic mass is 10.1. The minimum atomic E-state index is -0.665. The highest BCUT2D eigenvalue weighted by atomic mass is 32.2. The number of hydrogen-bond donors (Lipinski definition) is 2. The fourth-order valence-electron chi connectivity index (χ4n) is 2.14. The van der Waals surface area contributed by atoms with Crippen LogP contribution < -0.4 is 15.4 Å². The Morgan fingerprint density at radius 1 is 1.40 bits per heavy atom. The third kappa shape index (κ3) is 4.61. The van der Waals surface area contributed by atoms with Gasteiger partial charge in [0.05, 0.1) is 13.7 Å². The van der Waals surface area contributed by atoms with Crippen LogP contribution in [0.2, 0.25) is 0 Å². The molecule has 1 heterocycles. The van der Waals surface area contributed by atoms with Crippen LogP contribution in [0.1, 0.15) is 12.8 Å². The number of nitrogens with one attached hydrogen (secondary N) is 2. The lowest BCUT2D eigenvalue weighted by Crippen LogP contribution is -2.40. The number of methoxy groups -OCH3 is 1. The molecule has 0 spiro atoms. The first-order valence-electron chi connectivity index (χ1n) is 6.69. The van der Waals surface area contributed by atoms with Crippen LogP contribution >= 0.6 is 0 Å². The molecule has 1 aromatic carbocycles. The van der Waals surface area contributed by atoms with Crippen molar-refractivity contribution in [2.24, 2.45) is 0 Å². The van der Waals surface area contributed by atoms with Crippen molar-refractivity contribution in [3.05, 3.63) is 24.3 Å². The summed E-state index contributed by atoms with van der Waals surface area (Å²) in [5, 5.41) is 6.04. The molecule has 5 nitrogen and oxygen atoms in total. The van der Waals surface area contributed by atoms with E-state index in [9.17, 15) is 9.00 Å². The van der Waals surface area contributed by atoms with Gasteiger partial charge in [0, 0.05) is 40.1 Å². The first-order chi connectivity index (χ1) is 9.67.